The molecule has 0 unspecified atom stereocenters. The van der Waals surface area contributed by atoms with Gasteiger partial charge in [0.1, 0.15) is 6.61 Å². The van der Waals surface area contributed by atoms with Gasteiger partial charge in [0, 0.05) is 12.4 Å². The first-order valence-electron chi connectivity index (χ1n) is 7.22. The Balaban J connectivity index is 1.76. The second-order valence-corrected chi connectivity index (χ2v) is 5.50. The Bertz CT molecular complexity index is 710. The van der Waals surface area contributed by atoms with Gasteiger partial charge in [-0.3, -0.25) is 4.98 Å². The van der Waals surface area contributed by atoms with Gasteiger partial charge in [-0.25, -0.2) is 4.79 Å². The molecule has 1 aromatic carbocycles. The van der Waals surface area contributed by atoms with Crippen molar-refractivity contribution in [3.05, 3.63) is 65.0 Å². The summed E-state index contributed by atoms with van der Waals surface area (Å²) in [5.74, 6) is -0.413. The molecule has 1 saturated carbocycles. The normalized spacial score (nSPS) is 14.6. The third-order valence-corrected chi connectivity index (χ3v) is 3.75. The van der Waals surface area contributed by atoms with Crippen LogP contribution in [0.1, 0.15) is 45.8 Å². The molecular formula is C17H14F3NO2. The lowest BCUT2D eigenvalue weighted by atomic mass is 10.0. The number of rotatable bonds is 4. The maximum atomic E-state index is 12.8. The lowest BCUT2D eigenvalue weighted by Crippen LogP contribution is -2.09. The molecule has 0 N–H and O–H groups in total. The average Bonchev–Trinajstić information content (AvgIpc) is 3.37. The summed E-state index contributed by atoms with van der Waals surface area (Å²) in [6.45, 7) is -0.0440. The van der Waals surface area contributed by atoms with E-state index in [1.54, 1.807) is 12.1 Å². The Hall–Kier alpha value is -2.37. The molecule has 0 spiro atoms. The molecule has 3 rings (SSSR count). The molecule has 120 valence electrons. The molecule has 1 aliphatic rings. The van der Waals surface area contributed by atoms with E-state index in [1.807, 2.05) is 0 Å². The topological polar surface area (TPSA) is 39.2 Å². The highest BCUT2D eigenvalue weighted by Crippen LogP contribution is 2.43. The molecule has 3 nitrogen and oxygen atoms in total. The predicted molar refractivity (Wildman–Crippen MR) is 76.8 cm³/mol. The first-order chi connectivity index (χ1) is 10.9. The molecule has 0 aliphatic heterocycles. The summed E-state index contributed by atoms with van der Waals surface area (Å²) >= 11 is 0. The molecule has 23 heavy (non-hydrogen) atoms. The quantitative estimate of drug-likeness (QED) is 0.787. The lowest BCUT2D eigenvalue weighted by Gasteiger charge is -2.13. The van der Waals surface area contributed by atoms with Gasteiger partial charge in [0.05, 0.1) is 11.1 Å². The smallest absolute Gasteiger partial charge is 0.416 e. The van der Waals surface area contributed by atoms with Crippen molar-refractivity contribution in [1.82, 2.24) is 4.98 Å². The van der Waals surface area contributed by atoms with Gasteiger partial charge in [0.25, 0.3) is 0 Å². The van der Waals surface area contributed by atoms with Crippen LogP contribution in [0.25, 0.3) is 0 Å². The second-order valence-electron chi connectivity index (χ2n) is 5.50. The van der Waals surface area contributed by atoms with Crippen molar-refractivity contribution in [2.45, 2.75) is 31.5 Å². The van der Waals surface area contributed by atoms with Crippen LogP contribution in [0.15, 0.2) is 42.7 Å². The van der Waals surface area contributed by atoms with Crippen molar-refractivity contribution in [1.29, 1.82) is 0 Å². The van der Waals surface area contributed by atoms with Crippen molar-refractivity contribution in [3.8, 4) is 0 Å². The van der Waals surface area contributed by atoms with Gasteiger partial charge in [0.2, 0.25) is 0 Å². The minimum Gasteiger partial charge on any atom is -0.457 e. The van der Waals surface area contributed by atoms with Gasteiger partial charge >= 0.3 is 12.1 Å². The van der Waals surface area contributed by atoms with E-state index in [0.29, 0.717) is 16.7 Å². The number of ether oxygens (including phenoxy) is 1. The van der Waals surface area contributed by atoms with E-state index in [1.165, 1.54) is 24.5 Å². The van der Waals surface area contributed by atoms with Crippen LogP contribution in [0, 0.1) is 0 Å². The maximum absolute atomic E-state index is 12.8. The Morgan fingerprint density at radius 1 is 1.26 bits per heavy atom. The van der Waals surface area contributed by atoms with E-state index in [-0.39, 0.29) is 12.5 Å². The molecule has 1 heterocycles. The Labute approximate surface area is 131 Å². The van der Waals surface area contributed by atoms with Crippen LogP contribution in [-0.4, -0.2) is 11.0 Å². The molecular weight excluding hydrogens is 307 g/mol. The Kier molecular flexibility index (Phi) is 4.07. The SMILES string of the molecule is O=C(OCc1ccc(C(F)(F)F)cc1C1CC1)c1cccnc1. The molecule has 1 aliphatic carbocycles. The summed E-state index contributed by atoms with van der Waals surface area (Å²) < 4.78 is 43.7. The van der Waals surface area contributed by atoms with Crippen LogP contribution in [0.2, 0.25) is 0 Å². The zero-order valence-electron chi connectivity index (χ0n) is 12.1. The number of halogens is 3. The van der Waals surface area contributed by atoms with Gasteiger partial charge in [0.15, 0.2) is 0 Å². The van der Waals surface area contributed by atoms with Crippen LogP contribution in [-0.2, 0) is 17.5 Å². The van der Waals surface area contributed by atoms with Crippen molar-refractivity contribution >= 4 is 5.97 Å². The van der Waals surface area contributed by atoms with E-state index < -0.39 is 17.7 Å². The number of nitrogens with zero attached hydrogens (tertiary/aromatic N) is 1. The largest absolute Gasteiger partial charge is 0.457 e. The second kappa shape index (κ2) is 6.02. The lowest BCUT2D eigenvalue weighted by molar-refractivity contribution is -0.137. The van der Waals surface area contributed by atoms with E-state index in [0.717, 1.165) is 18.9 Å². The van der Waals surface area contributed by atoms with Crippen LogP contribution < -0.4 is 0 Å². The third-order valence-electron chi connectivity index (χ3n) is 3.75. The van der Waals surface area contributed by atoms with Crippen LogP contribution in [0.4, 0.5) is 13.2 Å². The van der Waals surface area contributed by atoms with Crippen LogP contribution >= 0.6 is 0 Å². The maximum Gasteiger partial charge on any atom is 0.416 e. The molecule has 2 aromatic rings. The van der Waals surface area contributed by atoms with Gasteiger partial charge in [-0.2, -0.15) is 13.2 Å². The summed E-state index contributed by atoms with van der Waals surface area (Å²) in [5.41, 5.74) is 0.894. The van der Waals surface area contributed by atoms with Crippen molar-refractivity contribution in [2.24, 2.45) is 0 Å². The third kappa shape index (κ3) is 3.70. The number of esters is 1. The highest BCUT2D eigenvalue weighted by atomic mass is 19.4. The monoisotopic (exact) mass is 321 g/mol. The Morgan fingerprint density at radius 3 is 2.65 bits per heavy atom. The van der Waals surface area contributed by atoms with E-state index in [2.05, 4.69) is 4.98 Å². The fraction of sp³-hybridized carbons (Fsp3) is 0.294. The van der Waals surface area contributed by atoms with Gasteiger partial charge in [-0.1, -0.05) is 6.07 Å². The molecule has 1 aromatic heterocycles. The fourth-order valence-corrected chi connectivity index (χ4v) is 2.39. The summed E-state index contributed by atoms with van der Waals surface area (Å²) in [4.78, 5) is 15.7. The summed E-state index contributed by atoms with van der Waals surface area (Å²) in [6.07, 6.45) is 0.291. The summed E-state index contributed by atoms with van der Waals surface area (Å²) in [7, 11) is 0. The molecule has 0 radical (unpaired) electrons. The number of carbonyl (C=O) groups excluding carboxylic acids is 1. The number of aromatic nitrogens is 1. The van der Waals surface area contributed by atoms with Gasteiger partial charge in [-0.05, 0) is 54.2 Å². The van der Waals surface area contributed by atoms with Gasteiger partial charge < -0.3 is 4.74 Å². The van der Waals surface area contributed by atoms with E-state index >= 15 is 0 Å². The van der Waals surface area contributed by atoms with Crippen molar-refractivity contribution in [2.75, 3.05) is 0 Å². The van der Waals surface area contributed by atoms with Crippen molar-refractivity contribution in [3.63, 3.8) is 0 Å². The number of carbonyl (C=O) groups is 1. The highest BCUT2D eigenvalue weighted by Gasteiger charge is 2.34. The van der Waals surface area contributed by atoms with Crippen LogP contribution in [0.3, 0.4) is 0 Å². The standard InChI is InChI=1S/C17H14F3NO2/c18-17(19,20)14-6-5-13(15(8-14)11-3-4-11)10-23-16(22)12-2-1-7-21-9-12/h1-2,5-9,11H,3-4,10H2. The van der Waals surface area contributed by atoms with Crippen LogP contribution in [0.5, 0.6) is 0 Å². The first-order valence-corrected chi connectivity index (χ1v) is 7.22. The average molecular weight is 321 g/mol. The van der Waals surface area contributed by atoms with E-state index in [4.69, 9.17) is 4.74 Å². The number of alkyl halides is 3. The molecule has 0 atom stereocenters. The molecule has 1 fully saturated rings. The number of hydrogen-bond donors (Lipinski definition) is 0. The minimum absolute atomic E-state index is 0.0440. The number of pyridine rings is 1. The Morgan fingerprint density at radius 2 is 2.04 bits per heavy atom. The highest BCUT2D eigenvalue weighted by molar-refractivity contribution is 5.88. The predicted octanol–water partition coefficient (Wildman–Crippen LogP) is 4.33. The molecule has 0 bridgehead atoms. The fourth-order valence-electron chi connectivity index (χ4n) is 2.39. The minimum atomic E-state index is -4.37. The van der Waals surface area contributed by atoms with Gasteiger partial charge in [-0.15, -0.1) is 0 Å². The zero-order chi connectivity index (χ0) is 16.4. The zero-order valence-corrected chi connectivity index (χ0v) is 12.1. The molecule has 0 saturated heterocycles. The number of hydrogen-bond acceptors (Lipinski definition) is 3. The number of benzene rings is 1. The summed E-state index contributed by atoms with van der Waals surface area (Å²) in [6, 6.07) is 6.78. The van der Waals surface area contributed by atoms with Crippen molar-refractivity contribution < 1.29 is 22.7 Å². The first kappa shape index (κ1) is 15.5. The summed E-state index contributed by atoms with van der Waals surface area (Å²) in [5, 5.41) is 0. The van der Waals surface area contributed by atoms with E-state index in [9.17, 15) is 18.0 Å². The molecule has 0 amide bonds. The molecule has 6 heteroatoms.